The lowest BCUT2D eigenvalue weighted by Crippen LogP contribution is -2.37. The quantitative estimate of drug-likeness (QED) is 0.614. The fourth-order valence-electron chi connectivity index (χ4n) is 5.04. The van der Waals surface area contributed by atoms with Crippen LogP contribution in [0.2, 0.25) is 0 Å². The number of carbonyl (C=O) groups excluding carboxylic acids is 1. The van der Waals surface area contributed by atoms with Crippen LogP contribution >= 0.6 is 0 Å². The van der Waals surface area contributed by atoms with E-state index >= 15 is 0 Å². The third-order valence-electron chi connectivity index (χ3n) is 7.26. The third-order valence-corrected chi connectivity index (χ3v) is 7.26. The van der Waals surface area contributed by atoms with Crippen LogP contribution in [0.3, 0.4) is 0 Å². The molecule has 1 amide bonds. The number of aromatic nitrogens is 1. The monoisotopic (exact) mass is 448 g/mol. The summed E-state index contributed by atoms with van der Waals surface area (Å²) in [4.78, 5) is 22.6. The van der Waals surface area contributed by atoms with Crippen LogP contribution in [0.1, 0.15) is 75.2 Å². The molecule has 0 unspecified atom stereocenters. The molecule has 1 aromatic carbocycles. The Hall–Kier alpha value is -2.40. The normalized spacial score (nSPS) is 18.3. The van der Waals surface area contributed by atoms with Crippen LogP contribution in [0.4, 0.5) is 11.5 Å². The van der Waals surface area contributed by atoms with E-state index in [9.17, 15) is 4.79 Å². The van der Waals surface area contributed by atoms with Crippen molar-refractivity contribution < 1.29 is 4.79 Å². The molecule has 0 spiro atoms. The zero-order valence-electron chi connectivity index (χ0n) is 20.6. The molecule has 0 bridgehead atoms. The van der Waals surface area contributed by atoms with Crippen molar-refractivity contribution in [3.05, 3.63) is 53.7 Å². The number of likely N-dealkylation sites (tertiary alicyclic amines) is 1. The molecule has 0 aliphatic carbocycles. The molecule has 3 heterocycles. The van der Waals surface area contributed by atoms with Gasteiger partial charge in [-0.1, -0.05) is 39.3 Å². The Balaban J connectivity index is 1.33. The summed E-state index contributed by atoms with van der Waals surface area (Å²) in [6, 6.07) is 11.8. The largest absolute Gasteiger partial charge is 0.355 e. The van der Waals surface area contributed by atoms with Gasteiger partial charge in [0, 0.05) is 24.8 Å². The number of pyridine rings is 1. The highest BCUT2D eigenvalue weighted by Gasteiger charge is 2.23. The molecular formula is C28H40N4O. The van der Waals surface area contributed by atoms with Gasteiger partial charge in [-0.3, -0.25) is 4.79 Å². The zero-order valence-corrected chi connectivity index (χ0v) is 20.6. The van der Waals surface area contributed by atoms with Gasteiger partial charge in [0.15, 0.2) is 5.82 Å². The van der Waals surface area contributed by atoms with Crippen LogP contribution in [-0.2, 0) is 5.41 Å². The molecule has 4 rings (SSSR count). The lowest BCUT2D eigenvalue weighted by atomic mass is 9.87. The van der Waals surface area contributed by atoms with E-state index in [-0.39, 0.29) is 11.3 Å². The molecule has 0 atom stereocenters. The minimum atomic E-state index is -0.0823. The van der Waals surface area contributed by atoms with Crippen molar-refractivity contribution >= 4 is 17.4 Å². The fraction of sp³-hybridized carbons (Fsp3) is 0.571. The van der Waals surface area contributed by atoms with E-state index in [1.807, 2.05) is 42.6 Å². The van der Waals surface area contributed by atoms with E-state index < -0.39 is 0 Å². The molecule has 2 saturated heterocycles. The Morgan fingerprint density at radius 1 is 1.00 bits per heavy atom. The Kier molecular flexibility index (Phi) is 7.69. The van der Waals surface area contributed by atoms with Gasteiger partial charge in [-0.15, -0.1) is 0 Å². The predicted octanol–water partition coefficient (Wildman–Crippen LogP) is 5.72. The van der Waals surface area contributed by atoms with E-state index in [0.29, 0.717) is 5.56 Å². The Morgan fingerprint density at radius 2 is 1.70 bits per heavy atom. The number of hydrogen-bond acceptors (Lipinski definition) is 4. The maximum Gasteiger partial charge on any atom is 0.255 e. The summed E-state index contributed by atoms with van der Waals surface area (Å²) in [5.74, 6) is 1.61. The van der Waals surface area contributed by atoms with Gasteiger partial charge < -0.3 is 15.1 Å². The lowest BCUT2D eigenvalue weighted by Gasteiger charge is -2.35. The molecule has 1 N–H and O–H groups in total. The molecule has 2 aliphatic rings. The summed E-state index contributed by atoms with van der Waals surface area (Å²) in [5, 5.41) is 3.11. The second-order valence-electron chi connectivity index (χ2n) is 10.8. The number of piperidine rings is 2. The van der Waals surface area contributed by atoms with Crippen LogP contribution in [0.15, 0.2) is 42.6 Å². The van der Waals surface area contributed by atoms with Crippen LogP contribution in [0, 0.1) is 5.92 Å². The number of anilines is 2. The molecule has 2 fully saturated rings. The van der Waals surface area contributed by atoms with E-state index in [2.05, 4.69) is 40.9 Å². The summed E-state index contributed by atoms with van der Waals surface area (Å²) >= 11 is 0. The molecule has 2 aliphatic heterocycles. The van der Waals surface area contributed by atoms with Gasteiger partial charge in [0.1, 0.15) is 0 Å². The first-order valence-electron chi connectivity index (χ1n) is 12.7. The first kappa shape index (κ1) is 23.7. The molecule has 5 heteroatoms. The van der Waals surface area contributed by atoms with Crippen molar-refractivity contribution in [2.75, 3.05) is 42.9 Å². The predicted molar refractivity (Wildman–Crippen MR) is 137 cm³/mol. The van der Waals surface area contributed by atoms with Gasteiger partial charge in [-0.2, -0.15) is 0 Å². The number of rotatable bonds is 6. The molecule has 178 valence electrons. The van der Waals surface area contributed by atoms with Crippen LogP contribution in [-0.4, -0.2) is 48.5 Å². The Morgan fingerprint density at radius 3 is 2.36 bits per heavy atom. The first-order valence-corrected chi connectivity index (χ1v) is 12.7. The van der Waals surface area contributed by atoms with Crippen molar-refractivity contribution in [1.82, 2.24) is 9.88 Å². The minimum Gasteiger partial charge on any atom is -0.355 e. The van der Waals surface area contributed by atoms with Crippen molar-refractivity contribution in [3.8, 4) is 0 Å². The third kappa shape index (κ3) is 6.35. The van der Waals surface area contributed by atoms with Gasteiger partial charge in [-0.05, 0) is 92.9 Å². The topological polar surface area (TPSA) is 48.5 Å². The maximum atomic E-state index is 12.9. The van der Waals surface area contributed by atoms with E-state index in [1.54, 1.807) is 0 Å². The van der Waals surface area contributed by atoms with Gasteiger partial charge in [0.05, 0.1) is 5.69 Å². The molecule has 2 aromatic rings. The average molecular weight is 449 g/mol. The minimum absolute atomic E-state index is 0.0748. The Labute approximate surface area is 199 Å². The molecule has 5 nitrogen and oxygen atoms in total. The standard InChI is InChI=1S/C28H40N4O/c1-28(2,3)24-11-9-23(10-12-24)27(33)30-25-8-7-16-29-26(25)32-20-14-22(15-21-32)13-19-31-17-5-4-6-18-31/h7-12,16,22H,4-6,13-15,17-21H2,1-3H3,(H,30,33). The number of benzene rings is 1. The highest BCUT2D eigenvalue weighted by atomic mass is 16.1. The number of carbonyl (C=O) groups is 1. The molecular weight excluding hydrogens is 408 g/mol. The second kappa shape index (κ2) is 10.7. The number of nitrogens with one attached hydrogen (secondary N) is 1. The molecule has 0 radical (unpaired) electrons. The van der Waals surface area contributed by atoms with Crippen molar-refractivity contribution in [3.63, 3.8) is 0 Å². The second-order valence-corrected chi connectivity index (χ2v) is 10.8. The summed E-state index contributed by atoms with van der Waals surface area (Å²) < 4.78 is 0. The van der Waals surface area contributed by atoms with Gasteiger partial charge in [0.25, 0.3) is 5.91 Å². The van der Waals surface area contributed by atoms with Crippen LogP contribution < -0.4 is 10.2 Å². The number of hydrogen-bond donors (Lipinski definition) is 1. The zero-order chi connectivity index (χ0) is 23.3. The number of amides is 1. The van der Waals surface area contributed by atoms with E-state index in [4.69, 9.17) is 0 Å². The molecule has 0 saturated carbocycles. The van der Waals surface area contributed by atoms with E-state index in [0.717, 1.165) is 30.5 Å². The van der Waals surface area contributed by atoms with E-state index in [1.165, 1.54) is 63.7 Å². The smallest absolute Gasteiger partial charge is 0.255 e. The van der Waals surface area contributed by atoms with Crippen molar-refractivity contribution in [2.24, 2.45) is 5.92 Å². The fourth-order valence-corrected chi connectivity index (χ4v) is 5.04. The van der Waals surface area contributed by atoms with Crippen LogP contribution in [0.5, 0.6) is 0 Å². The lowest BCUT2D eigenvalue weighted by molar-refractivity contribution is 0.102. The summed E-state index contributed by atoms with van der Waals surface area (Å²) in [7, 11) is 0. The first-order chi connectivity index (χ1) is 15.9. The van der Waals surface area contributed by atoms with Crippen molar-refractivity contribution in [2.45, 2.75) is 64.7 Å². The average Bonchev–Trinajstić information content (AvgIpc) is 2.84. The summed E-state index contributed by atoms with van der Waals surface area (Å²) in [5.41, 5.74) is 2.78. The molecule has 33 heavy (non-hydrogen) atoms. The van der Waals surface area contributed by atoms with Gasteiger partial charge >= 0.3 is 0 Å². The highest BCUT2D eigenvalue weighted by molar-refractivity contribution is 6.05. The van der Waals surface area contributed by atoms with Crippen LogP contribution in [0.25, 0.3) is 0 Å². The SMILES string of the molecule is CC(C)(C)c1ccc(C(=O)Nc2cccnc2N2CCC(CCN3CCCCC3)CC2)cc1. The maximum absolute atomic E-state index is 12.9. The summed E-state index contributed by atoms with van der Waals surface area (Å²) in [6.07, 6.45) is 9.68. The summed E-state index contributed by atoms with van der Waals surface area (Å²) in [6.45, 7) is 12.4. The number of nitrogens with zero attached hydrogens (tertiary/aromatic N) is 3. The van der Waals surface area contributed by atoms with Gasteiger partial charge in [0.2, 0.25) is 0 Å². The Bertz CT molecular complexity index is 904. The highest BCUT2D eigenvalue weighted by Crippen LogP contribution is 2.30. The van der Waals surface area contributed by atoms with Crippen molar-refractivity contribution in [1.29, 1.82) is 0 Å². The molecule has 1 aromatic heterocycles. The van der Waals surface area contributed by atoms with Gasteiger partial charge in [-0.25, -0.2) is 4.98 Å².